The second-order valence-corrected chi connectivity index (χ2v) is 4.34. The minimum Gasteiger partial charge on any atom is -0.497 e. The summed E-state index contributed by atoms with van der Waals surface area (Å²) in [5.74, 6) is 1.32. The molecule has 0 amide bonds. The average Bonchev–Trinajstić information content (AvgIpc) is 2.53. The molecule has 112 valence electrons. The first-order chi connectivity index (χ1) is 9.65. The maximum Gasteiger partial charge on any atom is 0.184 e. The van der Waals surface area contributed by atoms with E-state index in [1.807, 2.05) is 0 Å². The molecule has 0 radical (unpaired) electrons. The molecule has 0 fully saturated rings. The fourth-order valence-corrected chi connectivity index (χ4v) is 1.90. The zero-order valence-corrected chi connectivity index (χ0v) is 12.7. The van der Waals surface area contributed by atoms with Crippen LogP contribution in [0.15, 0.2) is 48.5 Å². The number of rotatable bonds is 5. The van der Waals surface area contributed by atoms with Gasteiger partial charge in [0.05, 0.1) is 20.3 Å². The Hall–Kier alpha value is -2.04. The highest BCUT2D eigenvalue weighted by atomic mass is 35.5. The van der Waals surface area contributed by atoms with E-state index in [1.54, 1.807) is 62.8 Å². The lowest BCUT2D eigenvalue weighted by Gasteiger charge is -2.12. The van der Waals surface area contributed by atoms with Crippen LogP contribution in [0.3, 0.4) is 0 Å². The summed E-state index contributed by atoms with van der Waals surface area (Å²) in [4.78, 5) is 12.3. The monoisotopic (exact) mass is 307 g/mol. The van der Waals surface area contributed by atoms with Gasteiger partial charge in [0.15, 0.2) is 5.78 Å². The first-order valence-electron chi connectivity index (χ1n) is 6.23. The van der Waals surface area contributed by atoms with Crippen molar-refractivity contribution < 1.29 is 14.3 Å². The molecule has 0 aliphatic rings. The first-order valence-corrected chi connectivity index (χ1v) is 6.23. The molecule has 1 unspecified atom stereocenters. The predicted molar refractivity (Wildman–Crippen MR) is 84.5 cm³/mol. The van der Waals surface area contributed by atoms with Gasteiger partial charge in [0, 0.05) is 5.56 Å². The molecular weight excluding hydrogens is 290 g/mol. The molecule has 2 aromatic carbocycles. The van der Waals surface area contributed by atoms with Crippen molar-refractivity contribution in [2.45, 2.75) is 6.04 Å². The van der Waals surface area contributed by atoms with Crippen LogP contribution in [-0.4, -0.2) is 20.0 Å². The highest BCUT2D eigenvalue weighted by molar-refractivity contribution is 6.00. The number of hydrogen-bond donors (Lipinski definition) is 1. The molecule has 0 heterocycles. The zero-order valence-electron chi connectivity index (χ0n) is 11.9. The van der Waals surface area contributed by atoms with Crippen LogP contribution in [0.2, 0.25) is 0 Å². The van der Waals surface area contributed by atoms with E-state index >= 15 is 0 Å². The molecular formula is C16H18ClNO3. The van der Waals surface area contributed by atoms with Crippen LogP contribution in [0, 0.1) is 0 Å². The minimum absolute atomic E-state index is 0. The van der Waals surface area contributed by atoms with Crippen molar-refractivity contribution in [2.24, 2.45) is 5.73 Å². The van der Waals surface area contributed by atoms with Gasteiger partial charge in [-0.25, -0.2) is 0 Å². The molecule has 0 saturated carbocycles. The van der Waals surface area contributed by atoms with Gasteiger partial charge in [0.2, 0.25) is 0 Å². The van der Waals surface area contributed by atoms with Gasteiger partial charge in [0.1, 0.15) is 11.5 Å². The topological polar surface area (TPSA) is 61.5 Å². The van der Waals surface area contributed by atoms with Crippen LogP contribution < -0.4 is 15.2 Å². The third-order valence-corrected chi connectivity index (χ3v) is 3.13. The first kappa shape index (κ1) is 17.0. The molecule has 0 aliphatic heterocycles. The van der Waals surface area contributed by atoms with Gasteiger partial charge in [-0.15, -0.1) is 12.4 Å². The van der Waals surface area contributed by atoms with Crippen molar-refractivity contribution >= 4 is 18.2 Å². The number of nitrogens with two attached hydrogens (primary N) is 1. The van der Waals surface area contributed by atoms with Gasteiger partial charge in [-0.3, -0.25) is 4.79 Å². The smallest absolute Gasteiger partial charge is 0.184 e. The van der Waals surface area contributed by atoms with Crippen molar-refractivity contribution in [3.05, 3.63) is 59.7 Å². The second kappa shape index (κ2) is 7.67. The summed E-state index contributed by atoms with van der Waals surface area (Å²) in [5.41, 5.74) is 7.33. The number of Topliss-reactive ketones (excluding diaryl/α,β-unsaturated/α-hetero) is 1. The SMILES string of the molecule is COc1ccc(C(=O)C(N)c2ccc(OC)cc2)cc1.Cl. The minimum atomic E-state index is -0.686. The summed E-state index contributed by atoms with van der Waals surface area (Å²) in [6.07, 6.45) is 0. The van der Waals surface area contributed by atoms with Crippen LogP contribution in [0.5, 0.6) is 11.5 Å². The number of halogens is 1. The standard InChI is InChI=1S/C16H17NO3.ClH/c1-19-13-7-3-11(4-8-13)15(17)16(18)12-5-9-14(20-2)10-6-12;/h3-10,15H,17H2,1-2H3;1H. The Morgan fingerprint density at radius 1 is 0.905 bits per heavy atom. The fraction of sp³-hybridized carbons (Fsp3) is 0.188. The van der Waals surface area contributed by atoms with Gasteiger partial charge < -0.3 is 15.2 Å². The average molecular weight is 308 g/mol. The Kier molecular flexibility index (Phi) is 6.21. The molecule has 5 heteroatoms. The quantitative estimate of drug-likeness (QED) is 0.863. The van der Waals surface area contributed by atoms with Crippen LogP contribution in [0.25, 0.3) is 0 Å². The molecule has 4 nitrogen and oxygen atoms in total. The van der Waals surface area contributed by atoms with Crippen LogP contribution in [0.4, 0.5) is 0 Å². The van der Waals surface area contributed by atoms with Crippen molar-refractivity contribution in [1.29, 1.82) is 0 Å². The second-order valence-electron chi connectivity index (χ2n) is 4.34. The van der Waals surface area contributed by atoms with Gasteiger partial charge in [-0.2, -0.15) is 0 Å². The largest absolute Gasteiger partial charge is 0.497 e. The van der Waals surface area contributed by atoms with Gasteiger partial charge >= 0.3 is 0 Å². The van der Waals surface area contributed by atoms with Crippen LogP contribution >= 0.6 is 12.4 Å². The number of carbonyl (C=O) groups is 1. The Morgan fingerprint density at radius 3 is 1.76 bits per heavy atom. The van der Waals surface area contributed by atoms with Crippen LogP contribution in [0.1, 0.15) is 22.0 Å². The van der Waals surface area contributed by atoms with E-state index in [9.17, 15) is 4.79 Å². The number of hydrogen-bond acceptors (Lipinski definition) is 4. The molecule has 0 aliphatic carbocycles. The van der Waals surface area contributed by atoms with Gasteiger partial charge in [-0.05, 0) is 42.0 Å². The normalized spacial score (nSPS) is 11.2. The zero-order chi connectivity index (χ0) is 14.5. The van der Waals surface area contributed by atoms with Crippen LogP contribution in [-0.2, 0) is 0 Å². The van der Waals surface area contributed by atoms with E-state index in [4.69, 9.17) is 15.2 Å². The summed E-state index contributed by atoms with van der Waals surface area (Å²) in [6, 6.07) is 13.4. The highest BCUT2D eigenvalue weighted by Gasteiger charge is 2.17. The summed E-state index contributed by atoms with van der Waals surface area (Å²) in [6.45, 7) is 0. The lowest BCUT2D eigenvalue weighted by molar-refractivity contribution is 0.0961. The molecule has 0 bridgehead atoms. The molecule has 21 heavy (non-hydrogen) atoms. The summed E-state index contributed by atoms with van der Waals surface area (Å²) < 4.78 is 10.1. The van der Waals surface area contributed by atoms with Crippen molar-refractivity contribution in [1.82, 2.24) is 0 Å². The summed E-state index contributed by atoms with van der Waals surface area (Å²) in [5, 5.41) is 0. The van der Waals surface area contributed by atoms with Gasteiger partial charge in [0.25, 0.3) is 0 Å². The van der Waals surface area contributed by atoms with Gasteiger partial charge in [-0.1, -0.05) is 12.1 Å². The van der Waals surface area contributed by atoms with Crippen molar-refractivity contribution in [3.63, 3.8) is 0 Å². The van der Waals surface area contributed by atoms with Crippen molar-refractivity contribution in [2.75, 3.05) is 14.2 Å². The van der Waals surface area contributed by atoms with Crippen molar-refractivity contribution in [3.8, 4) is 11.5 Å². The third-order valence-electron chi connectivity index (χ3n) is 3.13. The molecule has 0 spiro atoms. The van der Waals surface area contributed by atoms with E-state index < -0.39 is 6.04 Å². The molecule has 2 aromatic rings. The lowest BCUT2D eigenvalue weighted by Crippen LogP contribution is -2.21. The Morgan fingerprint density at radius 2 is 1.33 bits per heavy atom. The molecule has 2 rings (SSSR count). The number of methoxy groups -OCH3 is 2. The van der Waals surface area contributed by atoms with E-state index in [0.717, 1.165) is 11.3 Å². The van der Waals surface area contributed by atoms with E-state index in [0.29, 0.717) is 11.3 Å². The third kappa shape index (κ3) is 3.97. The van der Waals surface area contributed by atoms with E-state index in [1.165, 1.54) is 0 Å². The molecule has 2 N–H and O–H groups in total. The molecule has 1 atom stereocenters. The molecule has 0 saturated heterocycles. The predicted octanol–water partition coefficient (Wildman–Crippen LogP) is 3.01. The number of ketones is 1. The lowest BCUT2D eigenvalue weighted by atomic mass is 9.98. The molecule has 0 aromatic heterocycles. The Bertz CT molecular complexity index is 581. The Labute approximate surface area is 130 Å². The number of carbonyl (C=O) groups excluding carboxylic acids is 1. The van der Waals surface area contributed by atoms with E-state index in [2.05, 4.69) is 0 Å². The number of ether oxygens (including phenoxy) is 2. The summed E-state index contributed by atoms with van der Waals surface area (Å²) >= 11 is 0. The maximum atomic E-state index is 12.3. The fourth-order valence-electron chi connectivity index (χ4n) is 1.90. The summed E-state index contributed by atoms with van der Waals surface area (Å²) in [7, 11) is 3.18. The van der Waals surface area contributed by atoms with E-state index in [-0.39, 0.29) is 18.2 Å². The Balaban J connectivity index is 0.00000220. The number of benzene rings is 2. The highest BCUT2D eigenvalue weighted by Crippen LogP contribution is 2.20. The maximum absolute atomic E-state index is 12.3.